The molecular weight excluding hydrogens is 496 g/mol. The molecule has 2 aliphatic heterocycles. The Morgan fingerprint density at radius 1 is 1.00 bits per heavy atom. The number of hydrogen-bond donors (Lipinski definition) is 0. The van der Waals surface area contributed by atoms with Crippen molar-refractivity contribution in [3.8, 4) is 0 Å². The van der Waals surface area contributed by atoms with Crippen LogP contribution in [-0.4, -0.2) is 64.4 Å². The van der Waals surface area contributed by atoms with Crippen LogP contribution in [0.3, 0.4) is 0 Å². The summed E-state index contributed by atoms with van der Waals surface area (Å²) in [5.74, 6) is -1.54. The van der Waals surface area contributed by atoms with E-state index in [2.05, 4.69) is 0 Å². The number of fused-ring (bicyclic) bond motifs is 10. The molecule has 10 heteroatoms. The monoisotopic (exact) mass is 528 g/mol. The number of nitrogens with zero attached hydrogens (tertiary/aromatic N) is 2. The summed E-state index contributed by atoms with van der Waals surface area (Å²) >= 11 is 0. The van der Waals surface area contributed by atoms with Gasteiger partial charge in [-0.1, -0.05) is 29.8 Å². The quantitative estimate of drug-likeness (QED) is 0.548. The fraction of sp³-hybridized carbons (Fsp3) is 0.370. The maximum absolute atomic E-state index is 13.5. The Kier molecular flexibility index (Phi) is 9.23. The van der Waals surface area contributed by atoms with Crippen molar-refractivity contribution in [2.24, 2.45) is 0 Å². The zero-order valence-electron chi connectivity index (χ0n) is 21.5. The first kappa shape index (κ1) is 28.1. The van der Waals surface area contributed by atoms with Gasteiger partial charge >= 0.3 is 11.9 Å². The Balaban J connectivity index is 2.09. The van der Waals surface area contributed by atoms with Crippen LogP contribution in [0.15, 0.2) is 59.0 Å². The van der Waals surface area contributed by atoms with Gasteiger partial charge in [0.05, 0.1) is 29.9 Å². The van der Waals surface area contributed by atoms with E-state index in [4.69, 9.17) is 9.47 Å². The lowest BCUT2D eigenvalue weighted by Gasteiger charge is -2.24. The fourth-order valence-electron chi connectivity index (χ4n) is 4.00. The van der Waals surface area contributed by atoms with E-state index in [0.29, 0.717) is 11.3 Å². The summed E-state index contributed by atoms with van der Waals surface area (Å²) < 4.78 is 38.4. The number of esters is 2. The molecule has 0 saturated carbocycles. The van der Waals surface area contributed by atoms with Crippen LogP contribution >= 0.6 is 0 Å². The van der Waals surface area contributed by atoms with Gasteiger partial charge in [0.25, 0.3) is 0 Å². The molecule has 0 atom stereocenters. The topological polar surface area (TPSA) is 110 Å². The summed E-state index contributed by atoms with van der Waals surface area (Å²) in [6.45, 7) is 3.73. The van der Waals surface area contributed by atoms with E-state index >= 15 is 0 Å². The van der Waals surface area contributed by atoms with Crippen molar-refractivity contribution in [3.05, 3.63) is 70.8 Å². The van der Waals surface area contributed by atoms with Crippen molar-refractivity contribution in [1.82, 2.24) is 4.31 Å². The summed E-state index contributed by atoms with van der Waals surface area (Å²) in [6.07, 6.45) is 1.78. The lowest BCUT2D eigenvalue weighted by atomic mass is 10.0. The number of sulfonamides is 1. The summed E-state index contributed by atoms with van der Waals surface area (Å²) in [7, 11) is -1.12. The second-order valence-electron chi connectivity index (χ2n) is 8.67. The second kappa shape index (κ2) is 12.2. The lowest BCUT2D eigenvalue weighted by Crippen LogP contribution is -2.34. The molecule has 4 rings (SSSR count). The van der Waals surface area contributed by atoms with E-state index in [-0.39, 0.29) is 60.9 Å². The molecule has 37 heavy (non-hydrogen) atoms. The van der Waals surface area contributed by atoms with Crippen molar-refractivity contribution in [3.63, 3.8) is 0 Å². The van der Waals surface area contributed by atoms with Gasteiger partial charge in [-0.05, 0) is 56.5 Å². The minimum absolute atomic E-state index is 0.0427. The normalized spacial score (nSPS) is 17.0. The number of methoxy groups -OCH3 is 1. The van der Waals surface area contributed by atoms with Gasteiger partial charge in [0.15, 0.2) is 0 Å². The van der Waals surface area contributed by atoms with Gasteiger partial charge in [0, 0.05) is 32.1 Å². The predicted molar refractivity (Wildman–Crippen MR) is 139 cm³/mol. The standard InChI is InChI=1S/C27H32N2O7S/c1-5-36-27(32)23-18-20-8-12-24(23)28(3)25(30)13-9-21(26(31)35-4)15-17-29(16-14-20)37(33,34)22-10-6-19(2)7-11-22/h6-8,10-12,15,18H,5,9,13-14,16-17H2,1-4H3/b21-15+. The average molecular weight is 529 g/mol. The second-order valence-corrected chi connectivity index (χ2v) is 10.6. The molecule has 0 saturated heterocycles. The van der Waals surface area contributed by atoms with E-state index in [9.17, 15) is 22.8 Å². The van der Waals surface area contributed by atoms with Gasteiger partial charge in [0.2, 0.25) is 15.9 Å². The van der Waals surface area contributed by atoms with Crippen molar-refractivity contribution >= 4 is 33.6 Å². The van der Waals surface area contributed by atoms with Crippen LogP contribution in [0.25, 0.3) is 0 Å². The van der Waals surface area contributed by atoms with E-state index in [1.807, 2.05) is 6.92 Å². The van der Waals surface area contributed by atoms with Crippen LogP contribution in [0.5, 0.6) is 0 Å². The molecule has 0 spiro atoms. The number of amides is 1. The van der Waals surface area contributed by atoms with E-state index in [1.54, 1.807) is 56.4 Å². The Hall–Kier alpha value is -3.50. The zero-order chi connectivity index (χ0) is 27.2. The number of benzene rings is 2. The highest BCUT2D eigenvalue weighted by Crippen LogP contribution is 2.26. The van der Waals surface area contributed by atoms with Crippen LogP contribution in [0.2, 0.25) is 0 Å². The van der Waals surface area contributed by atoms with Crippen molar-refractivity contribution in [1.29, 1.82) is 0 Å². The molecule has 1 amide bonds. The molecular formula is C27H32N2O7S. The maximum Gasteiger partial charge on any atom is 0.340 e. The van der Waals surface area contributed by atoms with Crippen LogP contribution in [0, 0.1) is 6.92 Å². The van der Waals surface area contributed by atoms with Crippen LogP contribution in [-0.2, 0) is 35.5 Å². The van der Waals surface area contributed by atoms with E-state index < -0.39 is 22.0 Å². The van der Waals surface area contributed by atoms with Gasteiger partial charge in [-0.25, -0.2) is 18.0 Å². The van der Waals surface area contributed by atoms with Crippen LogP contribution < -0.4 is 4.90 Å². The van der Waals surface area contributed by atoms with Gasteiger partial charge in [-0.2, -0.15) is 4.31 Å². The highest BCUT2D eigenvalue weighted by molar-refractivity contribution is 7.89. The van der Waals surface area contributed by atoms with Crippen molar-refractivity contribution in [2.75, 3.05) is 38.8 Å². The van der Waals surface area contributed by atoms with E-state index in [0.717, 1.165) is 5.56 Å². The Morgan fingerprint density at radius 2 is 1.70 bits per heavy atom. The third-order valence-electron chi connectivity index (χ3n) is 6.20. The summed E-state index contributed by atoms with van der Waals surface area (Å²) in [6, 6.07) is 11.6. The van der Waals surface area contributed by atoms with Crippen LogP contribution in [0.4, 0.5) is 5.69 Å². The minimum atomic E-state index is -3.91. The van der Waals surface area contributed by atoms with E-state index in [1.165, 1.54) is 22.4 Å². The number of aryl methyl sites for hydroxylation is 1. The first-order chi connectivity index (χ1) is 17.6. The first-order valence-electron chi connectivity index (χ1n) is 12.0. The lowest BCUT2D eigenvalue weighted by molar-refractivity contribution is -0.136. The largest absolute Gasteiger partial charge is 0.466 e. The summed E-state index contributed by atoms with van der Waals surface area (Å²) in [5.41, 5.74) is 2.41. The van der Waals surface area contributed by atoms with Gasteiger partial charge in [-0.3, -0.25) is 4.79 Å². The third-order valence-corrected chi connectivity index (χ3v) is 8.08. The Bertz CT molecular complexity index is 1300. The molecule has 0 fully saturated rings. The fourth-order valence-corrected chi connectivity index (χ4v) is 5.38. The highest BCUT2D eigenvalue weighted by atomic mass is 32.2. The molecule has 0 aliphatic carbocycles. The van der Waals surface area contributed by atoms with Crippen LogP contribution in [0.1, 0.15) is 41.3 Å². The Morgan fingerprint density at radius 3 is 2.35 bits per heavy atom. The predicted octanol–water partition coefficient (Wildman–Crippen LogP) is 3.26. The average Bonchev–Trinajstić information content (AvgIpc) is 2.88. The molecule has 2 aromatic rings. The number of ether oxygens (including phenoxy) is 2. The molecule has 0 N–H and O–H groups in total. The van der Waals surface area contributed by atoms with Gasteiger partial charge < -0.3 is 14.4 Å². The summed E-state index contributed by atoms with van der Waals surface area (Å²) in [5, 5.41) is 0. The molecule has 2 aliphatic rings. The minimum Gasteiger partial charge on any atom is -0.466 e. The number of carbonyl (C=O) groups excluding carboxylic acids is 3. The third kappa shape index (κ3) is 6.64. The first-order valence-corrected chi connectivity index (χ1v) is 13.4. The van der Waals surface area contributed by atoms with Crippen molar-refractivity contribution < 1.29 is 32.3 Å². The number of hydrogen-bond acceptors (Lipinski definition) is 7. The molecule has 2 aromatic carbocycles. The molecule has 0 unspecified atom stereocenters. The maximum atomic E-state index is 13.5. The zero-order valence-corrected chi connectivity index (χ0v) is 22.3. The SMILES string of the molecule is CCOC(=O)c1cc2ccc1N(C)C(=O)CC/C(C(=O)OC)=C\CN(S(=O)(=O)c1ccc(C)cc1)CC2. The Labute approximate surface area is 217 Å². The number of rotatable bonds is 5. The smallest absolute Gasteiger partial charge is 0.340 e. The molecule has 198 valence electrons. The summed E-state index contributed by atoms with van der Waals surface area (Å²) in [4.78, 5) is 39.6. The number of anilines is 1. The van der Waals surface area contributed by atoms with Gasteiger partial charge in [0.1, 0.15) is 0 Å². The molecule has 2 bridgehead atoms. The molecule has 9 nitrogen and oxygen atoms in total. The highest BCUT2D eigenvalue weighted by Gasteiger charge is 2.26. The number of carbonyl (C=O) groups is 3. The molecule has 0 radical (unpaired) electrons. The van der Waals surface area contributed by atoms with Crippen molar-refractivity contribution in [2.45, 2.75) is 38.0 Å². The van der Waals surface area contributed by atoms with Gasteiger partial charge in [-0.15, -0.1) is 0 Å². The molecule has 2 heterocycles. The molecule has 0 aromatic heterocycles.